The van der Waals surface area contributed by atoms with Gasteiger partial charge in [0, 0.05) is 45.4 Å². The number of anilines is 1. The predicted molar refractivity (Wildman–Crippen MR) is 129 cm³/mol. The van der Waals surface area contributed by atoms with Gasteiger partial charge in [0.15, 0.2) is 0 Å². The van der Waals surface area contributed by atoms with Crippen molar-refractivity contribution in [3.63, 3.8) is 0 Å². The fourth-order valence-electron chi connectivity index (χ4n) is 3.79. The Labute approximate surface area is 184 Å². The van der Waals surface area contributed by atoms with E-state index in [2.05, 4.69) is 57.3 Å². The molecule has 0 unspecified atom stereocenters. The molecule has 0 aliphatic rings. The summed E-state index contributed by atoms with van der Waals surface area (Å²) in [5, 5.41) is 4.07. The third-order valence-electron chi connectivity index (χ3n) is 5.48. The molecule has 0 radical (unpaired) electrons. The van der Waals surface area contributed by atoms with Crippen molar-refractivity contribution in [1.29, 1.82) is 0 Å². The molecule has 1 amide bonds. The zero-order chi connectivity index (χ0) is 21.4. The topological polar surface area (TPSA) is 62.7 Å². The number of fused-ring (bicyclic) bond motifs is 2. The maximum absolute atomic E-state index is 12.8. The van der Waals surface area contributed by atoms with Crippen molar-refractivity contribution >= 4 is 45.3 Å². The number of carbonyl (C=O) groups excluding carboxylic acids is 1. The smallest absolute Gasteiger partial charge is 0.255 e. The lowest BCUT2D eigenvalue weighted by atomic mass is 10.1. The third kappa shape index (κ3) is 3.70. The maximum Gasteiger partial charge on any atom is 0.255 e. The lowest BCUT2D eigenvalue weighted by molar-refractivity contribution is 0.102. The number of nitrogens with zero attached hydrogens (tertiary/aromatic N) is 2. The van der Waals surface area contributed by atoms with Gasteiger partial charge in [-0.3, -0.25) is 4.79 Å². The number of carbonyl (C=O) groups is 1. The first-order chi connectivity index (χ1) is 15.1. The number of aromatic nitrogens is 3. The van der Waals surface area contributed by atoms with Gasteiger partial charge < -0.3 is 14.9 Å². The number of thioether (sulfide) groups is 1. The first kappa shape index (κ1) is 19.5. The summed E-state index contributed by atoms with van der Waals surface area (Å²) < 4.78 is 2.16. The summed E-state index contributed by atoms with van der Waals surface area (Å²) in [6.45, 7) is 3.01. The van der Waals surface area contributed by atoms with Crippen LogP contribution in [0.2, 0.25) is 0 Å². The number of H-pyrrole nitrogens is 1. The standard InChI is InChI=1S/C25H22N4OS/c1-3-29-13-12-17-14-18(6-11-23(17)29)25(30)26-19-7-10-21-22(15-19)28-24(27-21)16-4-8-20(31-2)9-5-16/h4-15H,3H2,1-2H3,(H,26,30)(H,27,28). The van der Waals surface area contributed by atoms with E-state index in [1.165, 1.54) is 4.90 Å². The van der Waals surface area contributed by atoms with Crippen LogP contribution in [0.25, 0.3) is 33.3 Å². The minimum Gasteiger partial charge on any atom is -0.348 e. The normalized spacial score (nSPS) is 11.3. The monoisotopic (exact) mass is 426 g/mol. The molecule has 0 aliphatic heterocycles. The molecule has 0 bridgehead atoms. The van der Waals surface area contributed by atoms with Crippen molar-refractivity contribution in [2.24, 2.45) is 0 Å². The van der Waals surface area contributed by atoms with Crippen molar-refractivity contribution in [3.8, 4) is 11.4 Å². The highest BCUT2D eigenvalue weighted by molar-refractivity contribution is 7.98. The average Bonchev–Trinajstić information content (AvgIpc) is 3.42. The van der Waals surface area contributed by atoms with Crippen molar-refractivity contribution < 1.29 is 4.79 Å². The second-order valence-corrected chi connectivity index (χ2v) is 8.25. The fraction of sp³-hybridized carbons (Fsp3) is 0.120. The van der Waals surface area contributed by atoms with Gasteiger partial charge in [-0.15, -0.1) is 11.8 Å². The minimum atomic E-state index is -0.127. The Morgan fingerprint density at radius 1 is 1.06 bits per heavy atom. The summed E-state index contributed by atoms with van der Waals surface area (Å²) >= 11 is 1.71. The van der Waals surface area contributed by atoms with E-state index in [1.54, 1.807) is 11.8 Å². The average molecular weight is 427 g/mol. The summed E-state index contributed by atoms with van der Waals surface area (Å²) in [7, 11) is 0. The highest BCUT2D eigenvalue weighted by Gasteiger charge is 2.11. The molecule has 0 aliphatic carbocycles. The number of amides is 1. The van der Waals surface area contributed by atoms with Crippen LogP contribution in [0.15, 0.2) is 77.8 Å². The second kappa shape index (κ2) is 7.96. The largest absolute Gasteiger partial charge is 0.348 e. The van der Waals surface area contributed by atoms with Crippen LogP contribution in [0.3, 0.4) is 0 Å². The molecule has 5 rings (SSSR count). The zero-order valence-electron chi connectivity index (χ0n) is 17.3. The van der Waals surface area contributed by atoms with Gasteiger partial charge in [-0.25, -0.2) is 4.98 Å². The first-order valence-corrected chi connectivity index (χ1v) is 11.4. The molecule has 3 aromatic carbocycles. The van der Waals surface area contributed by atoms with Gasteiger partial charge in [-0.2, -0.15) is 0 Å². The van der Waals surface area contributed by atoms with Crippen LogP contribution in [0, 0.1) is 0 Å². The van der Waals surface area contributed by atoms with E-state index >= 15 is 0 Å². The summed E-state index contributed by atoms with van der Waals surface area (Å²) in [5.74, 6) is 0.690. The van der Waals surface area contributed by atoms with Gasteiger partial charge in [0.05, 0.1) is 11.0 Å². The number of hydrogen-bond acceptors (Lipinski definition) is 3. The highest BCUT2D eigenvalue weighted by Crippen LogP contribution is 2.25. The van der Waals surface area contributed by atoms with Crippen molar-refractivity contribution in [3.05, 3.63) is 78.5 Å². The SMILES string of the molecule is CCn1ccc2cc(C(=O)Nc3ccc4nc(-c5ccc(SC)cc5)[nH]c4c3)ccc21. The molecule has 0 spiro atoms. The van der Waals surface area contributed by atoms with Crippen LogP contribution in [0.1, 0.15) is 17.3 Å². The Morgan fingerprint density at radius 2 is 1.90 bits per heavy atom. The quantitative estimate of drug-likeness (QED) is 0.330. The van der Waals surface area contributed by atoms with Gasteiger partial charge in [0.1, 0.15) is 5.82 Å². The summed E-state index contributed by atoms with van der Waals surface area (Å²) in [4.78, 5) is 22.1. The highest BCUT2D eigenvalue weighted by atomic mass is 32.2. The number of aryl methyl sites for hydroxylation is 1. The number of benzene rings is 3. The van der Waals surface area contributed by atoms with Crippen LogP contribution in [-0.4, -0.2) is 26.7 Å². The molecule has 2 aromatic heterocycles. The lowest BCUT2D eigenvalue weighted by Gasteiger charge is -2.06. The molecule has 0 saturated carbocycles. The van der Waals surface area contributed by atoms with E-state index in [1.807, 2.05) is 48.7 Å². The Bertz CT molecular complexity index is 1400. The van der Waals surface area contributed by atoms with Crippen molar-refractivity contribution in [2.75, 3.05) is 11.6 Å². The van der Waals surface area contributed by atoms with Crippen molar-refractivity contribution in [1.82, 2.24) is 14.5 Å². The van der Waals surface area contributed by atoms with Crippen molar-refractivity contribution in [2.45, 2.75) is 18.4 Å². The fourth-order valence-corrected chi connectivity index (χ4v) is 4.20. The van der Waals surface area contributed by atoms with E-state index < -0.39 is 0 Å². The zero-order valence-corrected chi connectivity index (χ0v) is 18.2. The number of nitrogens with one attached hydrogen (secondary N) is 2. The van der Waals surface area contributed by atoms with Crippen LogP contribution >= 0.6 is 11.8 Å². The molecule has 2 heterocycles. The Morgan fingerprint density at radius 3 is 2.68 bits per heavy atom. The maximum atomic E-state index is 12.8. The summed E-state index contributed by atoms with van der Waals surface area (Å²) in [6.07, 6.45) is 4.11. The number of imidazole rings is 1. The molecule has 0 saturated heterocycles. The van der Waals surface area contributed by atoms with Gasteiger partial charge in [-0.05, 0) is 67.8 Å². The third-order valence-corrected chi connectivity index (χ3v) is 6.22. The van der Waals surface area contributed by atoms with Crippen LogP contribution in [0.5, 0.6) is 0 Å². The molecular formula is C25H22N4OS. The van der Waals surface area contributed by atoms with Crippen LogP contribution < -0.4 is 5.32 Å². The predicted octanol–water partition coefficient (Wildman–Crippen LogP) is 6.18. The molecule has 2 N–H and O–H groups in total. The molecular weight excluding hydrogens is 404 g/mol. The molecule has 6 heteroatoms. The number of aromatic amines is 1. The minimum absolute atomic E-state index is 0.127. The summed E-state index contributed by atoms with van der Waals surface area (Å²) in [6, 6.07) is 21.9. The molecule has 5 aromatic rings. The van der Waals surface area contributed by atoms with Crippen LogP contribution in [-0.2, 0) is 6.54 Å². The number of rotatable bonds is 5. The van der Waals surface area contributed by atoms with Gasteiger partial charge in [-0.1, -0.05) is 12.1 Å². The Hall–Kier alpha value is -3.51. The molecule has 0 atom stereocenters. The molecule has 0 fully saturated rings. The summed E-state index contributed by atoms with van der Waals surface area (Å²) in [5.41, 5.74) is 5.29. The van der Waals surface area contributed by atoms with Gasteiger partial charge in [0.2, 0.25) is 0 Å². The first-order valence-electron chi connectivity index (χ1n) is 10.2. The van der Waals surface area contributed by atoms with E-state index in [9.17, 15) is 4.79 Å². The van der Waals surface area contributed by atoms with E-state index in [-0.39, 0.29) is 5.91 Å². The molecule has 154 valence electrons. The molecule has 5 nitrogen and oxygen atoms in total. The van der Waals surface area contributed by atoms with E-state index in [4.69, 9.17) is 0 Å². The second-order valence-electron chi connectivity index (χ2n) is 7.38. The van der Waals surface area contributed by atoms with Gasteiger partial charge >= 0.3 is 0 Å². The molecule has 31 heavy (non-hydrogen) atoms. The van der Waals surface area contributed by atoms with Crippen LogP contribution in [0.4, 0.5) is 5.69 Å². The lowest BCUT2D eigenvalue weighted by Crippen LogP contribution is -2.11. The number of hydrogen-bond donors (Lipinski definition) is 2. The van der Waals surface area contributed by atoms with E-state index in [0.717, 1.165) is 45.6 Å². The van der Waals surface area contributed by atoms with E-state index in [0.29, 0.717) is 5.56 Å². The Kier molecular flexibility index (Phi) is 5.00. The van der Waals surface area contributed by atoms with Gasteiger partial charge in [0.25, 0.3) is 5.91 Å². The Balaban J connectivity index is 1.39.